The molecule has 0 radical (unpaired) electrons. The van der Waals surface area contributed by atoms with E-state index in [1.165, 1.54) is 12.8 Å². The van der Waals surface area contributed by atoms with E-state index in [1.54, 1.807) is 4.90 Å². The van der Waals surface area contributed by atoms with Crippen molar-refractivity contribution in [1.29, 1.82) is 0 Å². The maximum Gasteiger partial charge on any atom is 0.410 e. The second-order valence-corrected chi connectivity index (χ2v) is 7.30. The molecule has 1 saturated carbocycles. The highest BCUT2D eigenvalue weighted by Crippen LogP contribution is 2.36. The Balaban J connectivity index is 1.71. The first kappa shape index (κ1) is 15.3. The standard InChI is InChI=1S/C16H25N3O3/c1-16(2,3)21-15(20)19-10-6-9-12(19)14-17-13(18-22-14)11-7-4-5-8-11/h11-12H,4-10H2,1-3H3/t12-/m0/s1. The summed E-state index contributed by atoms with van der Waals surface area (Å²) in [5, 5.41) is 4.15. The van der Waals surface area contributed by atoms with Crippen LogP contribution in [0.4, 0.5) is 4.79 Å². The third kappa shape index (κ3) is 3.25. The van der Waals surface area contributed by atoms with Crippen LogP contribution in [0.2, 0.25) is 0 Å². The third-order valence-corrected chi connectivity index (χ3v) is 4.34. The number of rotatable bonds is 2. The van der Waals surface area contributed by atoms with Gasteiger partial charge in [-0.3, -0.25) is 4.90 Å². The molecule has 2 fully saturated rings. The normalized spacial score (nSPS) is 23.2. The third-order valence-electron chi connectivity index (χ3n) is 4.34. The highest BCUT2D eigenvalue weighted by Gasteiger charge is 2.37. The van der Waals surface area contributed by atoms with E-state index in [9.17, 15) is 4.79 Å². The highest BCUT2D eigenvalue weighted by atomic mass is 16.6. The number of ether oxygens (including phenoxy) is 1. The first-order chi connectivity index (χ1) is 10.4. The molecule has 0 aromatic carbocycles. The van der Waals surface area contributed by atoms with E-state index in [4.69, 9.17) is 9.26 Å². The lowest BCUT2D eigenvalue weighted by Gasteiger charge is -2.27. The molecule has 6 nitrogen and oxygen atoms in total. The fourth-order valence-corrected chi connectivity index (χ4v) is 3.29. The summed E-state index contributed by atoms with van der Waals surface area (Å²) in [7, 11) is 0. The number of aromatic nitrogens is 2. The molecule has 1 saturated heterocycles. The fourth-order valence-electron chi connectivity index (χ4n) is 3.29. The molecule has 1 aromatic heterocycles. The van der Waals surface area contributed by atoms with Gasteiger partial charge in [0, 0.05) is 12.5 Å². The Labute approximate surface area is 131 Å². The van der Waals surface area contributed by atoms with Crippen LogP contribution >= 0.6 is 0 Å². The zero-order chi connectivity index (χ0) is 15.7. The molecule has 0 spiro atoms. The van der Waals surface area contributed by atoms with Crippen LogP contribution in [0.25, 0.3) is 0 Å². The summed E-state index contributed by atoms with van der Waals surface area (Å²) in [5.41, 5.74) is -0.492. The molecule has 0 bridgehead atoms. The van der Waals surface area contributed by atoms with E-state index in [0.717, 1.165) is 31.5 Å². The molecular weight excluding hydrogens is 282 g/mol. The van der Waals surface area contributed by atoms with E-state index < -0.39 is 5.60 Å². The van der Waals surface area contributed by atoms with Gasteiger partial charge in [-0.25, -0.2) is 4.79 Å². The number of nitrogens with zero attached hydrogens (tertiary/aromatic N) is 3. The maximum absolute atomic E-state index is 12.3. The molecule has 3 rings (SSSR count). The number of carbonyl (C=O) groups excluding carboxylic acids is 1. The van der Waals surface area contributed by atoms with Crippen LogP contribution in [0.1, 0.15) is 83.0 Å². The van der Waals surface area contributed by atoms with Gasteiger partial charge in [0.1, 0.15) is 11.6 Å². The number of amides is 1. The Morgan fingerprint density at radius 2 is 1.95 bits per heavy atom. The van der Waals surface area contributed by atoms with Gasteiger partial charge < -0.3 is 9.26 Å². The van der Waals surface area contributed by atoms with E-state index in [2.05, 4.69) is 10.1 Å². The van der Waals surface area contributed by atoms with E-state index in [-0.39, 0.29) is 12.1 Å². The van der Waals surface area contributed by atoms with E-state index >= 15 is 0 Å². The van der Waals surface area contributed by atoms with Gasteiger partial charge in [0.25, 0.3) is 0 Å². The van der Waals surface area contributed by atoms with Gasteiger partial charge in [-0.05, 0) is 46.5 Å². The van der Waals surface area contributed by atoms with Crippen LogP contribution in [-0.4, -0.2) is 33.3 Å². The molecule has 1 aliphatic carbocycles. The molecule has 1 atom stereocenters. The molecular formula is C16H25N3O3. The van der Waals surface area contributed by atoms with Crippen LogP contribution in [0.5, 0.6) is 0 Å². The molecule has 2 heterocycles. The highest BCUT2D eigenvalue weighted by molar-refractivity contribution is 5.69. The average Bonchev–Trinajstić information content (AvgIpc) is 3.17. The largest absolute Gasteiger partial charge is 0.444 e. The van der Waals surface area contributed by atoms with Crippen molar-refractivity contribution in [3.8, 4) is 0 Å². The van der Waals surface area contributed by atoms with Gasteiger partial charge in [0.05, 0.1) is 0 Å². The van der Waals surface area contributed by atoms with Crippen molar-refractivity contribution in [2.75, 3.05) is 6.54 Å². The SMILES string of the molecule is CC(C)(C)OC(=O)N1CCC[C@H]1c1nc(C2CCCC2)no1. The van der Waals surface area contributed by atoms with Crippen LogP contribution in [0.3, 0.4) is 0 Å². The summed E-state index contributed by atoms with van der Waals surface area (Å²) in [5.74, 6) is 1.79. The fraction of sp³-hybridized carbons (Fsp3) is 0.812. The van der Waals surface area contributed by atoms with Gasteiger partial charge in [-0.1, -0.05) is 18.0 Å². The smallest absolute Gasteiger partial charge is 0.410 e. The summed E-state index contributed by atoms with van der Waals surface area (Å²) in [6, 6.07) is -0.141. The summed E-state index contributed by atoms with van der Waals surface area (Å²) < 4.78 is 10.9. The minimum Gasteiger partial charge on any atom is -0.444 e. The van der Waals surface area contributed by atoms with Crippen molar-refractivity contribution in [2.24, 2.45) is 0 Å². The van der Waals surface area contributed by atoms with Crippen molar-refractivity contribution in [3.05, 3.63) is 11.7 Å². The van der Waals surface area contributed by atoms with E-state index in [1.807, 2.05) is 20.8 Å². The average molecular weight is 307 g/mol. The van der Waals surface area contributed by atoms with Crippen molar-refractivity contribution in [3.63, 3.8) is 0 Å². The first-order valence-corrected chi connectivity index (χ1v) is 8.27. The second kappa shape index (κ2) is 5.89. The minimum atomic E-state index is -0.492. The van der Waals surface area contributed by atoms with Crippen molar-refractivity contribution < 1.29 is 14.1 Å². The maximum atomic E-state index is 12.3. The summed E-state index contributed by atoms with van der Waals surface area (Å²) in [6.07, 6.45) is 6.25. The minimum absolute atomic E-state index is 0.141. The molecule has 2 aliphatic rings. The molecule has 0 N–H and O–H groups in total. The molecule has 1 aliphatic heterocycles. The van der Waals surface area contributed by atoms with Crippen LogP contribution < -0.4 is 0 Å². The Morgan fingerprint density at radius 1 is 1.23 bits per heavy atom. The van der Waals surface area contributed by atoms with Crippen molar-refractivity contribution in [1.82, 2.24) is 15.0 Å². The van der Waals surface area contributed by atoms with Gasteiger partial charge in [0.2, 0.25) is 5.89 Å². The van der Waals surface area contributed by atoms with Gasteiger partial charge >= 0.3 is 6.09 Å². The van der Waals surface area contributed by atoms with Crippen molar-refractivity contribution in [2.45, 2.75) is 76.9 Å². The Hall–Kier alpha value is -1.59. The number of carbonyl (C=O) groups is 1. The van der Waals surface area contributed by atoms with Crippen LogP contribution in [-0.2, 0) is 4.74 Å². The molecule has 1 amide bonds. The quantitative estimate of drug-likeness (QED) is 0.831. The molecule has 1 aromatic rings. The van der Waals surface area contributed by atoms with Gasteiger partial charge in [-0.2, -0.15) is 4.98 Å². The van der Waals surface area contributed by atoms with Crippen LogP contribution in [0.15, 0.2) is 4.52 Å². The number of likely N-dealkylation sites (tertiary alicyclic amines) is 1. The number of hydrogen-bond donors (Lipinski definition) is 0. The lowest BCUT2D eigenvalue weighted by Crippen LogP contribution is -2.36. The molecule has 22 heavy (non-hydrogen) atoms. The summed E-state index contributed by atoms with van der Waals surface area (Å²) >= 11 is 0. The first-order valence-electron chi connectivity index (χ1n) is 8.27. The predicted molar refractivity (Wildman–Crippen MR) is 80.4 cm³/mol. The summed E-state index contributed by atoms with van der Waals surface area (Å²) in [4.78, 5) is 18.6. The predicted octanol–water partition coefficient (Wildman–Crippen LogP) is 3.80. The Bertz CT molecular complexity index is 529. The zero-order valence-electron chi connectivity index (χ0n) is 13.7. The monoisotopic (exact) mass is 307 g/mol. The van der Waals surface area contributed by atoms with Gasteiger partial charge in [-0.15, -0.1) is 0 Å². The van der Waals surface area contributed by atoms with E-state index in [0.29, 0.717) is 18.4 Å². The molecule has 6 heteroatoms. The Morgan fingerprint density at radius 3 is 2.64 bits per heavy atom. The van der Waals surface area contributed by atoms with Crippen LogP contribution in [0, 0.1) is 0 Å². The summed E-state index contributed by atoms with van der Waals surface area (Å²) in [6.45, 7) is 6.31. The lowest BCUT2D eigenvalue weighted by atomic mass is 10.1. The van der Waals surface area contributed by atoms with Gasteiger partial charge in [0.15, 0.2) is 5.82 Å². The topological polar surface area (TPSA) is 68.5 Å². The Kier molecular flexibility index (Phi) is 4.10. The zero-order valence-corrected chi connectivity index (χ0v) is 13.7. The molecule has 122 valence electrons. The number of hydrogen-bond acceptors (Lipinski definition) is 5. The van der Waals surface area contributed by atoms with Crippen molar-refractivity contribution >= 4 is 6.09 Å². The molecule has 0 unspecified atom stereocenters. The second-order valence-electron chi connectivity index (χ2n) is 7.30. The lowest BCUT2D eigenvalue weighted by molar-refractivity contribution is 0.0199.